The Balaban J connectivity index is 1.76. The average Bonchev–Trinajstić information content (AvgIpc) is 3.02. The normalized spacial score (nSPS) is 13.0. The fraction of sp³-hybridized carbons (Fsp3) is 0.0714. The molecule has 1 aromatic heterocycles. The van der Waals surface area contributed by atoms with Crippen LogP contribution in [0.4, 0.5) is 5.69 Å². The van der Waals surface area contributed by atoms with Gasteiger partial charge in [0.05, 0.1) is 17.3 Å². The number of anilines is 1. The van der Waals surface area contributed by atoms with Crippen molar-refractivity contribution in [2.75, 3.05) is 5.32 Å². The summed E-state index contributed by atoms with van der Waals surface area (Å²) in [6.45, 7) is 4.19. The van der Waals surface area contributed by atoms with Gasteiger partial charge in [0, 0.05) is 30.2 Å². The first-order chi connectivity index (χ1) is 9.67. The third-order valence-electron chi connectivity index (χ3n) is 3.07. The lowest BCUT2D eigenvalue weighted by atomic mass is 10.1. The maximum atomic E-state index is 11.6. The largest absolute Gasteiger partial charge is 0.381 e. The maximum absolute atomic E-state index is 11.6. The van der Waals surface area contributed by atoms with E-state index in [1.165, 1.54) is 0 Å². The highest BCUT2D eigenvalue weighted by molar-refractivity contribution is 6.21. The number of nitrogens with one attached hydrogen (secondary N) is 2. The van der Waals surface area contributed by atoms with Gasteiger partial charge in [0.15, 0.2) is 0 Å². The Morgan fingerprint density at radius 2 is 2.10 bits per heavy atom. The molecule has 2 heterocycles. The van der Waals surface area contributed by atoms with Crippen LogP contribution in [0.5, 0.6) is 0 Å². The average molecular weight is 268 g/mol. The second kappa shape index (κ2) is 4.65. The van der Waals surface area contributed by atoms with Crippen molar-refractivity contribution in [2.24, 2.45) is 0 Å². The summed E-state index contributed by atoms with van der Waals surface area (Å²) >= 11 is 0. The summed E-state index contributed by atoms with van der Waals surface area (Å²) in [6.07, 6.45) is 5.19. The number of hydrogen-bond acceptors (Lipinski definition) is 4. The highest BCUT2D eigenvalue weighted by Crippen LogP contribution is 2.20. The number of aromatic nitrogens is 2. The molecule has 2 aromatic rings. The summed E-state index contributed by atoms with van der Waals surface area (Å²) in [5.41, 5.74) is 2.59. The van der Waals surface area contributed by atoms with Crippen molar-refractivity contribution in [3.63, 3.8) is 0 Å². The van der Waals surface area contributed by atoms with Gasteiger partial charge in [-0.25, -0.2) is 4.68 Å². The first kappa shape index (κ1) is 12.2. The van der Waals surface area contributed by atoms with Crippen LogP contribution in [0.2, 0.25) is 0 Å². The van der Waals surface area contributed by atoms with Crippen LogP contribution in [0.3, 0.4) is 0 Å². The standard InChI is InChI=1S/C14H12N4O2/c1-2-18-8-9(7-16-18)6-15-10-3-4-11-12(5-10)14(20)17-13(11)19/h2-5,7-8,15H,1,6H2,(H,17,19,20). The van der Waals surface area contributed by atoms with Crippen LogP contribution in [-0.4, -0.2) is 21.6 Å². The zero-order chi connectivity index (χ0) is 14.1. The quantitative estimate of drug-likeness (QED) is 0.823. The zero-order valence-electron chi connectivity index (χ0n) is 10.6. The SMILES string of the molecule is C=Cn1cc(CNc2ccc3c(c2)C(=O)NC3=O)cn1. The van der Waals surface area contributed by atoms with Gasteiger partial charge < -0.3 is 5.32 Å². The molecule has 0 bridgehead atoms. The molecule has 0 saturated heterocycles. The van der Waals surface area contributed by atoms with Gasteiger partial charge in [-0.2, -0.15) is 5.10 Å². The first-order valence-corrected chi connectivity index (χ1v) is 6.06. The van der Waals surface area contributed by atoms with Crippen LogP contribution in [-0.2, 0) is 6.54 Å². The van der Waals surface area contributed by atoms with Crippen molar-refractivity contribution in [3.05, 3.63) is 53.9 Å². The third kappa shape index (κ3) is 2.07. The summed E-state index contributed by atoms with van der Waals surface area (Å²) < 4.78 is 1.62. The topological polar surface area (TPSA) is 76.0 Å². The molecule has 0 aliphatic carbocycles. The molecule has 2 N–H and O–H groups in total. The van der Waals surface area contributed by atoms with Gasteiger partial charge in [-0.05, 0) is 18.2 Å². The molecular formula is C14H12N4O2. The molecule has 3 rings (SSSR count). The summed E-state index contributed by atoms with van der Waals surface area (Å²) in [4.78, 5) is 23.0. The van der Waals surface area contributed by atoms with Gasteiger partial charge in [0.2, 0.25) is 0 Å². The second-order valence-electron chi connectivity index (χ2n) is 4.41. The van der Waals surface area contributed by atoms with Crippen molar-refractivity contribution in [1.82, 2.24) is 15.1 Å². The van der Waals surface area contributed by atoms with Crippen molar-refractivity contribution in [1.29, 1.82) is 0 Å². The molecule has 0 spiro atoms. The molecule has 6 heteroatoms. The molecule has 1 aliphatic rings. The van der Waals surface area contributed by atoms with E-state index in [-0.39, 0.29) is 11.8 Å². The molecule has 1 aliphatic heterocycles. The van der Waals surface area contributed by atoms with E-state index in [1.807, 2.05) is 6.20 Å². The Morgan fingerprint density at radius 1 is 1.30 bits per heavy atom. The van der Waals surface area contributed by atoms with Crippen molar-refractivity contribution < 1.29 is 9.59 Å². The van der Waals surface area contributed by atoms with Crippen molar-refractivity contribution >= 4 is 23.7 Å². The van der Waals surface area contributed by atoms with Gasteiger partial charge in [0.25, 0.3) is 11.8 Å². The predicted octanol–water partition coefficient (Wildman–Crippen LogP) is 1.48. The molecule has 6 nitrogen and oxygen atoms in total. The second-order valence-corrected chi connectivity index (χ2v) is 4.41. The summed E-state index contributed by atoms with van der Waals surface area (Å²) in [5, 5.41) is 9.53. The smallest absolute Gasteiger partial charge is 0.259 e. The predicted molar refractivity (Wildman–Crippen MR) is 74.2 cm³/mol. The molecule has 2 amide bonds. The van der Waals surface area contributed by atoms with E-state index in [9.17, 15) is 9.59 Å². The lowest BCUT2D eigenvalue weighted by Crippen LogP contribution is -2.19. The van der Waals surface area contributed by atoms with Gasteiger partial charge in [-0.15, -0.1) is 0 Å². The van der Waals surface area contributed by atoms with Gasteiger partial charge >= 0.3 is 0 Å². The van der Waals surface area contributed by atoms with Crippen molar-refractivity contribution in [3.8, 4) is 0 Å². The minimum absolute atomic E-state index is 0.344. The van der Waals surface area contributed by atoms with E-state index < -0.39 is 0 Å². The molecule has 0 atom stereocenters. The first-order valence-electron chi connectivity index (χ1n) is 6.06. The fourth-order valence-corrected chi connectivity index (χ4v) is 2.05. The monoisotopic (exact) mass is 268 g/mol. The fourth-order valence-electron chi connectivity index (χ4n) is 2.05. The number of amides is 2. The van der Waals surface area contributed by atoms with Crippen LogP contribution < -0.4 is 10.6 Å². The number of rotatable bonds is 4. The van der Waals surface area contributed by atoms with Crippen LogP contribution >= 0.6 is 0 Å². The highest BCUT2D eigenvalue weighted by Gasteiger charge is 2.26. The molecule has 100 valence electrons. The number of hydrogen-bond donors (Lipinski definition) is 2. The Labute approximate surface area is 115 Å². The molecule has 0 fully saturated rings. The summed E-state index contributed by atoms with van der Waals surface area (Å²) in [6, 6.07) is 5.09. The van der Waals surface area contributed by atoms with Crippen LogP contribution in [0.1, 0.15) is 26.3 Å². The highest BCUT2D eigenvalue weighted by atomic mass is 16.2. The van der Waals surface area contributed by atoms with Crippen LogP contribution in [0.25, 0.3) is 6.20 Å². The minimum Gasteiger partial charge on any atom is -0.381 e. The van der Waals surface area contributed by atoms with E-state index in [1.54, 1.807) is 35.3 Å². The third-order valence-corrected chi connectivity index (χ3v) is 3.07. The molecular weight excluding hydrogens is 256 g/mol. The molecule has 0 unspecified atom stereocenters. The van der Waals surface area contributed by atoms with Gasteiger partial charge in [-0.3, -0.25) is 14.9 Å². The van der Waals surface area contributed by atoms with E-state index in [0.29, 0.717) is 17.7 Å². The number of carbonyl (C=O) groups is 2. The van der Waals surface area contributed by atoms with E-state index in [2.05, 4.69) is 22.3 Å². The maximum Gasteiger partial charge on any atom is 0.259 e. The van der Waals surface area contributed by atoms with E-state index in [4.69, 9.17) is 0 Å². The lowest BCUT2D eigenvalue weighted by molar-refractivity contribution is 0.0879. The number of imide groups is 1. The molecule has 1 aromatic carbocycles. The number of benzene rings is 1. The number of carbonyl (C=O) groups excluding carboxylic acids is 2. The molecule has 20 heavy (non-hydrogen) atoms. The van der Waals surface area contributed by atoms with Crippen LogP contribution in [0, 0.1) is 0 Å². The molecule has 0 saturated carbocycles. The van der Waals surface area contributed by atoms with E-state index in [0.717, 1.165) is 11.3 Å². The lowest BCUT2D eigenvalue weighted by Gasteiger charge is -2.05. The van der Waals surface area contributed by atoms with Gasteiger partial charge in [-0.1, -0.05) is 6.58 Å². The summed E-state index contributed by atoms with van der Waals surface area (Å²) in [7, 11) is 0. The Hall–Kier alpha value is -2.89. The minimum atomic E-state index is -0.354. The Morgan fingerprint density at radius 3 is 2.85 bits per heavy atom. The number of fused-ring (bicyclic) bond motifs is 1. The molecule has 0 radical (unpaired) electrons. The zero-order valence-corrected chi connectivity index (χ0v) is 10.6. The van der Waals surface area contributed by atoms with Gasteiger partial charge in [0.1, 0.15) is 0 Å². The van der Waals surface area contributed by atoms with Crippen LogP contribution in [0.15, 0.2) is 37.2 Å². The Kier molecular flexibility index (Phi) is 2.83. The number of nitrogens with zero attached hydrogens (tertiary/aromatic N) is 2. The van der Waals surface area contributed by atoms with Crippen molar-refractivity contribution in [2.45, 2.75) is 6.54 Å². The summed E-state index contributed by atoms with van der Waals surface area (Å²) in [5.74, 6) is -0.697. The Bertz CT molecular complexity index is 718. The van der Waals surface area contributed by atoms with E-state index >= 15 is 0 Å².